The van der Waals surface area contributed by atoms with Crippen LogP contribution in [0, 0.1) is 12.7 Å². The lowest BCUT2D eigenvalue weighted by Gasteiger charge is -2.27. The van der Waals surface area contributed by atoms with Crippen molar-refractivity contribution >= 4 is 11.6 Å². The number of H-pyrrole nitrogens is 1. The molecule has 3 aromatic heterocycles. The molecule has 1 N–H and O–H groups in total. The van der Waals surface area contributed by atoms with Gasteiger partial charge in [-0.3, -0.25) is 9.89 Å². The molecule has 1 aliphatic heterocycles. The van der Waals surface area contributed by atoms with E-state index in [1.807, 2.05) is 13.1 Å². The molecule has 5 rings (SSSR count). The molecule has 1 amide bonds. The van der Waals surface area contributed by atoms with Crippen molar-refractivity contribution in [1.29, 1.82) is 0 Å². The Morgan fingerprint density at radius 2 is 2.11 bits per heavy atom. The van der Waals surface area contributed by atoms with Crippen molar-refractivity contribution in [2.24, 2.45) is 0 Å². The number of amides is 1. The minimum Gasteiger partial charge on any atom is -0.334 e. The molecule has 0 radical (unpaired) electrons. The number of nitrogens with one attached hydrogen (secondary N) is 1. The Kier molecular flexibility index (Phi) is 3.71. The van der Waals surface area contributed by atoms with Crippen LogP contribution in [-0.4, -0.2) is 42.1 Å². The van der Waals surface area contributed by atoms with Gasteiger partial charge in [0.2, 0.25) is 0 Å². The third-order valence-electron chi connectivity index (χ3n) is 5.07. The third kappa shape index (κ3) is 2.57. The van der Waals surface area contributed by atoms with Crippen LogP contribution in [0.1, 0.15) is 27.2 Å². The summed E-state index contributed by atoms with van der Waals surface area (Å²) in [5.74, 6) is -0.472. The SMILES string of the molecule is Cc1cnc2c(C(=O)N3CCc4[nH]nc(-c5ccccc5F)c4C3)cnn2c1. The minimum absolute atomic E-state index is 0.141. The molecule has 4 aromatic rings. The van der Waals surface area contributed by atoms with Crippen LogP contribution >= 0.6 is 0 Å². The third-order valence-corrected chi connectivity index (χ3v) is 5.07. The van der Waals surface area contributed by atoms with Gasteiger partial charge in [-0.25, -0.2) is 13.9 Å². The summed E-state index contributed by atoms with van der Waals surface area (Å²) in [5.41, 5.74) is 4.73. The van der Waals surface area contributed by atoms with Gasteiger partial charge >= 0.3 is 0 Å². The molecule has 0 bridgehead atoms. The van der Waals surface area contributed by atoms with Crippen LogP contribution in [0.3, 0.4) is 0 Å². The first-order valence-electron chi connectivity index (χ1n) is 9.02. The smallest absolute Gasteiger partial charge is 0.259 e. The second-order valence-corrected chi connectivity index (χ2v) is 6.94. The van der Waals surface area contributed by atoms with Crippen molar-refractivity contribution in [3.05, 3.63) is 71.1 Å². The second kappa shape index (κ2) is 6.26. The molecule has 0 aliphatic carbocycles. The minimum atomic E-state index is -0.331. The number of hydrogen-bond acceptors (Lipinski definition) is 4. The van der Waals surface area contributed by atoms with Gasteiger partial charge in [0.1, 0.15) is 17.1 Å². The van der Waals surface area contributed by atoms with E-state index in [4.69, 9.17) is 0 Å². The summed E-state index contributed by atoms with van der Waals surface area (Å²) in [4.78, 5) is 19.2. The van der Waals surface area contributed by atoms with E-state index in [1.54, 1.807) is 40.0 Å². The summed E-state index contributed by atoms with van der Waals surface area (Å²) in [6.07, 6.45) is 5.73. The Balaban J connectivity index is 1.49. The van der Waals surface area contributed by atoms with Crippen LogP contribution in [0.15, 0.2) is 42.9 Å². The monoisotopic (exact) mass is 376 g/mol. The summed E-state index contributed by atoms with van der Waals surface area (Å²) in [5, 5.41) is 11.6. The van der Waals surface area contributed by atoms with E-state index in [9.17, 15) is 9.18 Å². The molecule has 1 aliphatic rings. The lowest BCUT2D eigenvalue weighted by Crippen LogP contribution is -2.36. The van der Waals surface area contributed by atoms with Crippen LogP contribution in [0.2, 0.25) is 0 Å². The van der Waals surface area contributed by atoms with Crippen molar-refractivity contribution < 1.29 is 9.18 Å². The highest BCUT2D eigenvalue weighted by Gasteiger charge is 2.28. The Hall–Kier alpha value is -3.55. The molecule has 7 nitrogen and oxygen atoms in total. The largest absolute Gasteiger partial charge is 0.334 e. The molecule has 28 heavy (non-hydrogen) atoms. The number of carbonyl (C=O) groups is 1. The molecule has 0 saturated heterocycles. The highest BCUT2D eigenvalue weighted by Crippen LogP contribution is 2.30. The van der Waals surface area contributed by atoms with Gasteiger partial charge in [-0.1, -0.05) is 12.1 Å². The number of fused-ring (bicyclic) bond motifs is 2. The van der Waals surface area contributed by atoms with Crippen molar-refractivity contribution in [3.8, 4) is 11.3 Å². The molecule has 0 saturated carbocycles. The summed E-state index contributed by atoms with van der Waals surface area (Å²) in [6, 6.07) is 6.53. The summed E-state index contributed by atoms with van der Waals surface area (Å²) in [6.45, 7) is 2.83. The highest BCUT2D eigenvalue weighted by atomic mass is 19.1. The summed E-state index contributed by atoms with van der Waals surface area (Å²) >= 11 is 0. The Morgan fingerprint density at radius 1 is 1.25 bits per heavy atom. The van der Waals surface area contributed by atoms with Crippen molar-refractivity contribution in [2.45, 2.75) is 19.9 Å². The number of nitrogens with zero attached hydrogens (tertiary/aromatic N) is 5. The van der Waals surface area contributed by atoms with E-state index in [-0.39, 0.29) is 11.7 Å². The molecule has 0 atom stereocenters. The van der Waals surface area contributed by atoms with Crippen molar-refractivity contribution in [1.82, 2.24) is 29.7 Å². The lowest BCUT2D eigenvalue weighted by molar-refractivity contribution is 0.0736. The maximum absolute atomic E-state index is 14.3. The van der Waals surface area contributed by atoms with Crippen LogP contribution in [0.25, 0.3) is 16.9 Å². The fourth-order valence-electron chi connectivity index (χ4n) is 3.63. The predicted octanol–water partition coefficient (Wildman–Crippen LogP) is 2.77. The first-order valence-corrected chi connectivity index (χ1v) is 9.02. The van der Waals surface area contributed by atoms with Gasteiger partial charge in [0.25, 0.3) is 5.91 Å². The molecule has 140 valence electrons. The zero-order valence-electron chi connectivity index (χ0n) is 15.2. The Labute approximate surface area is 159 Å². The maximum atomic E-state index is 14.3. The quantitative estimate of drug-likeness (QED) is 0.583. The molecular weight excluding hydrogens is 359 g/mol. The fourth-order valence-corrected chi connectivity index (χ4v) is 3.63. The second-order valence-electron chi connectivity index (χ2n) is 6.94. The van der Waals surface area contributed by atoms with Crippen LogP contribution in [0.4, 0.5) is 4.39 Å². The number of halogens is 1. The predicted molar refractivity (Wildman–Crippen MR) is 100 cm³/mol. The zero-order valence-corrected chi connectivity index (χ0v) is 15.2. The number of aromatic amines is 1. The zero-order chi connectivity index (χ0) is 19.3. The molecule has 0 spiro atoms. The molecule has 1 aromatic carbocycles. The van der Waals surface area contributed by atoms with Crippen LogP contribution < -0.4 is 0 Å². The highest BCUT2D eigenvalue weighted by molar-refractivity contribution is 5.99. The van der Waals surface area contributed by atoms with Crippen LogP contribution in [0.5, 0.6) is 0 Å². The number of benzene rings is 1. The molecular formula is C20H17FN6O. The number of carbonyl (C=O) groups excluding carboxylic acids is 1. The first-order chi connectivity index (χ1) is 13.6. The van der Waals surface area contributed by atoms with E-state index in [1.165, 1.54) is 6.07 Å². The first kappa shape index (κ1) is 16.6. The van der Waals surface area contributed by atoms with Gasteiger partial charge in [0.05, 0.1) is 6.20 Å². The van der Waals surface area contributed by atoms with Gasteiger partial charge in [0, 0.05) is 48.7 Å². The maximum Gasteiger partial charge on any atom is 0.259 e. The van der Waals surface area contributed by atoms with E-state index in [0.717, 1.165) is 16.8 Å². The molecule has 0 fully saturated rings. The van der Waals surface area contributed by atoms with Crippen LogP contribution in [-0.2, 0) is 13.0 Å². The van der Waals surface area contributed by atoms with E-state index in [2.05, 4.69) is 20.3 Å². The van der Waals surface area contributed by atoms with Crippen molar-refractivity contribution in [2.75, 3.05) is 6.54 Å². The number of rotatable bonds is 2. The Morgan fingerprint density at radius 3 is 2.96 bits per heavy atom. The van der Waals surface area contributed by atoms with Gasteiger partial charge in [-0.15, -0.1) is 0 Å². The van der Waals surface area contributed by atoms with E-state index >= 15 is 0 Å². The fraction of sp³-hybridized carbons (Fsp3) is 0.200. The number of hydrogen-bond donors (Lipinski definition) is 1. The van der Waals surface area contributed by atoms with Gasteiger partial charge in [-0.05, 0) is 24.6 Å². The van der Waals surface area contributed by atoms with Crippen molar-refractivity contribution in [3.63, 3.8) is 0 Å². The van der Waals surface area contributed by atoms with Gasteiger partial charge in [0.15, 0.2) is 5.65 Å². The van der Waals surface area contributed by atoms with Gasteiger partial charge in [-0.2, -0.15) is 10.2 Å². The topological polar surface area (TPSA) is 79.2 Å². The average molecular weight is 376 g/mol. The van der Waals surface area contributed by atoms with Gasteiger partial charge < -0.3 is 4.90 Å². The molecule has 4 heterocycles. The van der Waals surface area contributed by atoms with E-state index < -0.39 is 0 Å². The summed E-state index contributed by atoms with van der Waals surface area (Å²) in [7, 11) is 0. The van der Waals surface area contributed by atoms with E-state index in [0.29, 0.717) is 42.0 Å². The average Bonchev–Trinajstić information content (AvgIpc) is 3.31. The Bertz CT molecular complexity index is 1210. The lowest BCUT2D eigenvalue weighted by atomic mass is 10.0. The number of aryl methyl sites for hydroxylation is 1. The summed E-state index contributed by atoms with van der Waals surface area (Å²) < 4.78 is 15.9. The normalized spacial score (nSPS) is 13.7. The standard InChI is InChI=1S/C20H17FN6O/c1-12-8-22-19-14(9-23-27(19)10-12)20(28)26-7-6-17-15(11-26)18(25-24-17)13-4-2-3-5-16(13)21/h2-5,8-10H,6-7,11H2,1H3,(H,24,25). The number of aromatic nitrogens is 5. The molecule has 8 heteroatoms. The molecule has 0 unspecified atom stereocenters.